The van der Waals surface area contributed by atoms with Gasteiger partial charge in [-0.3, -0.25) is 4.79 Å². The van der Waals surface area contributed by atoms with Gasteiger partial charge in [-0.1, -0.05) is 26.7 Å². The zero-order valence-electron chi connectivity index (χ0n) is 9.84. The van der Waals surface area contributed by atoms with Crippen LogP contribution in [0.3, 0.4) is 0 Å². The van der Waals surface area contributed by atoms with Crippen molar-refractivity contribution in [3.63, 3.8) is 0 Å². The van der Waals surface area contributed by atoms with Crippen LogP contribution < -0.4 is 0 Å². The highest BCUT2D eigenvalue weighted by molar-refractivity contribution is 5.83. The third kappa shape index (κ3) is 8.17. The minimum absolute atomic E-state index is 0.215. The van der Waals surface area contributed by atoms with E-state index in [4.69, 9.17) is 15.9 Å². The van der Waals surface area contributed by atoms with Crippen LogP contribution in [-0.2, 0) is 14.3 Å². The Kier molecular flexibility index (Phi) is 7.02. The zero-order valence-corrected chi connectivity index (χ0v) is 9.84. The van der Waals surface area contributed by atoms with E-state index in [0.717, 1.165) is 0 Å². The number of rotatable bonds is 7. The molecule has 86 valence electrons. The van der Waals surface area contributed by atoms with Gasteiger partial charge in [0.2, 0.25) is 0 Å². The number of hydrogen-bond donors (Lipinski definition) is 0. The fourth-order valence-electron chi connectivity index (χ4n) is 0.891. The molecule has 0 amide bonds. The van der Waals surface area contributed by atoms with E-state index in [1.165, 1.54) is 0 Å². The summed E-state index contributed by atoms with van der Waals surface area (Å²) in [6, 6.07) is 0. The van der Waals surface area contributed by atoms with Crippen LogP contribution in [0.2, 0.25) is 0 Å². The summed E-state index contributed by atoms with van der Waals surface area (Å²) in [6.07, 6.45) is 5.45. The van der Waals surface area contributed by atoms with E-state index >= 15 is 0 Å². The third-order valence-corrected chi connectivity index (χ3v) is 1.87. The summed E-state index contributed by atoms with van der Waals surface area (Å²) in [4.78, 5) is 11.5. The van der Waals surface area contributed by atoms with Crippen LogP contribution in [0.25, 0.3) is 0 Å². The molecule has 0 saturated heterocycles. The number of carbonyl (C=O) groups excluding carboxylic acids is 1. The molecule has 0 fully saturated rings. The smallest absolute Gasteiger partial charge is 0.140 e. The van der Waals surface area contributed by atoms with Crippen LogP contribution in [0.15, 0.2) is 0 Å². The molecule has 15 heavy (non-hydrogen) atoms. The Morgan fingerprint density at radius 2 is 1.80 bits per heavy atom. The molecule has 0 saturated carbocycles. The number of carbonyl (C=O) groups is 1. The molecular formula is C12H20O3. The minimum Gasteiger partial charge on any atom is -0.379 e. The first-order chi connectivity index (χ1) is 6.98. The average Bonchev–Trinajstić information content (AvgIpc) is 2.14. The summed E-state index contributed by atoms with van der Waals surface area (Å²) >= 11 is 0. The zero-order chi connectivity index (χ0) is 11.7. The first kappa shape index (κ1) is 14.2. The molecule has 0 radical (unpaired) electrons. The fourth-order valence-corrected chi connectivity index (χ4v) is 0.891. The lowest BCUT2D eigenvalue weighted by molar-refractivity contribution is -0.127. The highest BCUT2D eigenvalue weighted by atomic mass is 16.5. The Balaban J connectivity index is 3.33. The second kappa shape index (κ2) is 7.44. The van der Waals surface area contributed by atoms with Crippen molar-refractivity contribution in [1.29, 1.82) is 0 Å². The van der Waals surface area contributed by atoms with E-state index in [9.17, 15) is 4.79 Å². The van der Waals surface area contributed by atoms with Crippen LogP contribution in [0, 0.1) is 17.8 Å². The van der Waals surface area contributed by atoms with E-state index in [2.05, 4.69) is 5.92 Å². The van der Waals surface area contributed by atoms with Gasteiger partial charge in [0.15, 0.2) is 0 Å². The average molecular weight is 212 g/mol. The normalized spacial score (nSPS) is 11.1. The maximum Gasteiger partial charge on any atom is 0.140 e. The molecule has 0 aliphatic heterocycles. The highest BCUT2D eigenvalue weighted by Gasteiger charge is 2.20. The van der Waals surface area contributed by atoms with Gasteiger partial charge in [0.1, 0.15) is 12.4 Å². The van der Waals surface area contributed by atoms with E-state index in [-0.39, 0.29) is 11.2 Å². The summed E-state index contributed by atoms with van der Waals surface area (Å²) in [7, 11) is 0. The lowest BCUT2D eigenvalue weighted by Gasteiger charge is -2.16. The van der Waals surface area contributed by atoms with Gasteiger partial charge in [-0.15, -0.1) is 6.42 Å². The van der Waals surface area contributed by atoms with Crippen LogP contribution in [0.1, 0.15) is 27.2 Å². The number of terminal acetylenes is 1. The van der Waals surface area contributed by atoms with E-state index in [1.54, 1.807) is 0 Å². The Morgan fingerprint density at radius 1 is 1.20 bits per heavy atom. The number of hydrogen-bond acceptors (Lipinski definition) is 3. The van der Waals surface area contributed by atoms with E-state index in [0.29, 0.717) is 32.8 Å². The van der Waals surface area contributed by atoms with Crippen molar-refractivity contribution in [1.82, 2.24) is 0 Å². The molecule has 0 aromatic carbocycles. The van der Waals surface area contributed by atoms with Gasteiger partial charge in [-0.05, 0) is 0 Å². The molecule has 3 nitrogen and oxygen atoms in total. The van der Waals surface area contributed by atoms with Crippen molar-refractivity contribution in [3.05, 3.63) is 0 Å². The van der Waals surface area contributed by atoms with Gasteiger partial charge in [-0.2, -0.15) is 0 Å². The van der Waals surface area contributed by atoms with Crippen molar-refractivity contribution in [3.8, 4) is 12.3 Å². The van der Waals surface area contributed by atoms with Gasteiger partial charge in [0.25, 0.3) is 0 Å². The van der Waals surface area contributed by atoms with Crippen molar-refractivity contribution in [2.24, 2.45) is 5.41 Å². The van der Waals surface area contributed by atoms with Crippen LogP contribution in [0.4, 0.5) is 0 Å². The Morgan fingerprint density at radius 3 is 2.33 bits per heavy atom. The van der Waals surface area contributed by atoms with Gasteiger partial charge in [0.05, 0.1) is 19.8 Å². The molecule has 0 rings (SSSR count). The molecule has 0 aliphatic rings. The van der Waals surface area contributed by atoms with Crippen molar-refractivity contribution in [2.45, 2.75) is 27.2 Å². The molecule has 3 heteroatoms. The lowest BCUT2D eigenvalue weighted by Crippen LogP contribution is -2.21. The van der Waals surface area contributed by atoms with Crippen LogP contribution >= 0.6 is 0 Å². The van der Waals surface area contributed by atoms with E-state index < -0.39 is 0 Å². The van der Waals surface area contributed by atoms with Crippen molar-refractivity contribution >= 4 is 5.78 Å². The maximum atomic E-state index is 11.5. The highest BCUT2D eigenvalue weighted by Crippen LogP contribution is 2.16. The first-order valence-corrected chi connectivity index (χ1v) is 5.10. The van der Waals surface area contributed by atoms with Crippen LogP contribution in [0.5, 0.6) is 0 Å². The predicted octanol–water partition coefficient (Wildman–Crippen LogP) is 1.66. The second-order valence-corrected chi connectivity index (χ2v) is 4.29. The van der Waals surface area contributed by atoms with Gasteiger partial charge < -0.3 is 9.47 Å². The fraction of sp³-hybridized carbons (Fsp3) is 0.750. The molecular weight excluding hydrogens is 192 g/mol. The molecule has 0 heterocycles. The number of ether oxygens (including phenoxy) is 2. The standard InChI is InChI=1S/C12H20O3/c1-5-7-14-9-10-15-8-6-11(13)12(2,3)4/h1H,6-10H2,2-4H3. The summed E-state index contributed by atoms with van der Waals surface area (Å²) < 4.78 is 10.2. The Bertz CT molecular complexity index is 220. The van der Waals surface area contributed by atoms with Gasteiger partial charge >= 0.3 is 0 Å². The Labute approximate surface area is 92.1 Å². The number of Topliss-reactive ketones (excluding diaryl/α,β-unsaturated/α-hetero) is 1. The second-order valence-electron chi connectivity index (χ2n) is 4.29. The van der Waals surface area contributed by atoms with Crippen LogP contribution in [-0.4, -0.2) is 32.2 Å². The van der Waals surface area contributed by atoms with Gasteiger partial charge in [-0.25, -0.2) is 0 Å². The summed E-state index contributed by atoms with van der Waals surface area (Å²) in [5.41, 5.74) is -0.274. The molecule has 0 aromatic rings. The monoisotopic (exact) mass is 212 g/mol. The third-order valence-electron chi connectivity index (χ3n) is 1.87. The minimum atomic E-state index is -0.274. The molecule has 0 bridgehead atoms. The maximum absolute atomic E-state index is 11.5. The van der Waals surface area contributed by atoms with Gasteiger partial charge in [0, 0.05) is 11.8 Å². The van der Waals surface area contributed by atoms with Crippen molar-refractivity contribution in [2.75, 3.05) is 26.4 Å². The molecule has 0 atom stereocenters. The van der Waals surface area contributed by atoms with E-state index in [1.807, 2.05) is 20.8 Å². The quantitative estimate of drug-likeness (QED) is 0.475. The molecule has 0 spiro atoms. The summed E-state index contributed by atoms with van der Waals surface area (Å²) in [6.45, 7) is 7.45. The SMILES string of the molecule is C#CCOCCOCCC(=O)C(C)(C)C. The summed E-state index contributed by atoms with van der Waals surface area (Å²) in [5, 5.41) is 0. The topological polar surface area (TPSA) is 35.5 Å². The first-order valence-electron chi connectivity index (χ1n) is 5.10. The molecule has 0 aromatic heterocycles. The number of ketones is 1. The summed E-state index contributed by atoms with van der Waals surface area (Å²) in [5.74, 6) is 2.58. The largest absolute Gasteiger partial charge is 0.379 e. The molecule has 0 aliphatic carbocycles. The molecule has 0 N–H and O–H groups in total. The molecule has 0 unspecified atom stereocenters. The predicted molar refractivity (Wildman–Crippen MR) is 59.6 cm³/mol. The Hall–Kier alpha value is -0.850. The van der Waals surface area contributed by atoms with Crippen molar-refractivity contribution < 1.29 is 14.3 Å². The lowest BCUT2D eigenvalue weighted by atomic mass is 9.89.